The second-order valence-corrected chi connectivity index (χ2v) is 5.38. The number of fused-ring (bicyclic) bond motifs is 1. The number of hydrogen-bond donors (Lipinski definition) is 1. The van der Waals surface area contributed by atoms with Crippen molar-refractivity contribution in [3.05, 3.63) is 35.9 Å². The van der Waals surface area contributed by atoms with Gasteiger partial charge in [0.05, 0.1) is 0 Å². The molecule has 3 atom stereocenters. The highest BCUT2D eigenvalue weighted by Crippen LogP contribution is 2.35. The maximum absolute atomic E-state index is 12.6. The first-order valence-corrected chi connectivity index (χ1v) is 6.88. The summed E-state index contributed by atoms with van der Waals surface area (Å²) in [5.74, 6) is 1.52. The Balaban J connectivity index is 1.82. The number of rotatable bonds is 2. The molecule has 1 amide bonds. The monoisotopic (exact) mass is 244 g/mol. The second kappa shape index (κ2) is 4.73. The lowest BCUT2D eigenvalue weighted by atomic mass is 9.93. The van der Waals surface area contributed by atoms with E-state index in [2.05, 4.69) is 17.1 Å². The second-order valence-electron chi connectivity index (χ2n) is 5.38. The fraction of sp³-hybridized carbons (Fsp3) is 0.533. The van der Waals surface area contributed by atoms with Crippen LogP contribution in [-0.4, -0.2) is 36.5 Å². The smallest absolute Gasteiger partial charge is 0.254 e. The van der Waals surface area contributed by atoms with Crippen LogP contribution in [0.25, 0.3) is 0 Å². The van der Waals surface area contributed by atoms with Gasteiger partial charge in [-0.15, -0.1) is 0 Å². The van der Waals surface area contributed by atoms with Gasteiger partial charge in [0.2, 0.25) is 0 Å². The Morgan fingerprint density at radius 3 is 2.83 bits per heavy atom. The third-order valence-corrected chi connectivity index (χ3v) is 4.42. The maximum Gasteiger partial charge on any atom is 0.254 e. The fourth-order valence-corrected chi connectivity index (χ4v) is 3.53. The summed E-state index contributed by atoms with van der Waals surface area (Å²) >= 11 is 0. The number of nitrogens with one attached hydrogen (secondary N) is 1. The lowest BCUT2D eigenvalue weighted by Crippen LogP contribution is -2.39. The minimum Gasteiger partial charge on any atom is -0.335 e. The van der Waals surface area contributed by atoms with E-state index in [0.717, 1.165) is 31.6 Å². The lowest BCUT2D eigenvalue weighted by Gasteiger charge is -2.27. The molecule has 2 saturated heterocycles. The van der Waals surface area contributed by atoms with E-state index in [-0.39, 0.29) is 5.91 Å². The van der Waals surface area contributed by atoms with Crippen LogP contribution in [0.2, 0.25) is 0 Å². The molecule has 2 fully saturated rings. The average Bonchev–Trinajstić information content (AvgIpc) is 2.98. The summed E-state index contributed by atoms with van der Waals surface area (Å²) in [5.41, 5.74) is 0.823. The van der Waals surface area contributed by atoms with Crippen LogP contribution < -0.4 is 5.32 Å². The zero-order valence-corrected chi connectivity index (χ0v) is 10.8. The van der Waals surface area contributed by atoms with E-state index in [1.807, 2.05) is 30.3 Å². The van der Waals surface area contributed by atoms with Crippen LogP contribution in [0.3, 0.4) is 0 Å². The summed E-state index contributed by atoms with van der Waals surface area (Å²) in [7, 11) is 0. The molecule has 0 aromatic heterocycles. The van der Waals surface area contributed by atoms with Crippen molar-refractivity contribution in [2.45, 2.75) is 19.4 Å². The van der Waals surface area contributed by atoms with Gasteiger partial charge < -0.3 is 10.2 Å². The van der Waals surface area contributed by atoms with Gasteiger partial charge >= 0.3 is 0 Å². The summed E-state index contributed by atoms with van der Waals surface area (Å²) in [6.45, 7) is 5.25. The molecule has 0 bridgehead atoms. The summed E-state index contributed by atoms with van der Waals surface area (Å²) in [6.07, 6.45) is 1.06. The number of carbonyl (C=O) groups excluding carboxylic acids is 1. The zero-order valence-electron chi connectivity index (χ0n) is 10.8. The van der Waals surface area contributed by atoms with Crippen LogP contribution in [0.1, 0.15) is 23.7 Å². The Morgan fingerprint density at radius 2 is 2.11 bits per heavy atom. The van der Waals surface area contributed by atoms with Gasteiger partial charge in [0, 0.05) is 31.2 Å². The first-order chi connectivity index (χ1) is 8.81. The summed E-state index contributed by atoms with van der Waals surface area (Å²) in [4.78, 5) is 14.7. The predicted octanol–water partition coefficient (Wildman–Crippen LogP) is 1.76. The highest BCUT2D eigenvalue weighted by Gasteiger charge is 2.45. The van der Waals surface area contributed by atoms with Gasteiger partial charge in [-0.3, -0.25) is 4.79 Å². The van der Waals surface area contributed by atoms with E-state index >= 15 is 0 Å². The molecule has 0 aliphatic carbocycles. The molecule has 1 N–H and O–H groups in total. The van der Waals surface area contributed by atoms with Crippen molar-refractivity contribution in [3.63, 3.8) is 0 Å². The van der Waals surface area contributed by atoms with Gasteiger partial charge in [-0.25, -0.2) is 0 Å². The van der Waals surface area contributed by atoms with Crippen molar-refractivity contribution in [3.8, 4) is 0 Å². The normalized spacial score (nSPS) is 30.5. The molecular weight excluding hydrogens is 224 g/mol. The molecule has 1 aromatic rings. The highest BCUT2D eigenvalue weighted by atomic mass is 16.2. The molecule has 0 radical (unpaired) electrons. The van der Waals surface area contributed by atoms with Gasteiger partial charge in [0.25, 0.3) is 5.91 Å². The van der Waals surface area contributed by atoms with Crippen molar-refractivity contribution in [2.24, 2.45) is 11.8 Å². The zero-order chi connectivity index (χ0) is 12.5. The number of likely N-dealkylation sites (tertiary alicyclic amines) is 1. The van der Waals surface area contributed by atoms with Crippen molar-refractivity contribution < 1.29 is 4.79 Å². The van der Waals surface area contributed by atoms with Gasteiger partial charge in [-0.2, -0.15) is 0 Å². The van der Waals surface area contributed by atoms with E-state index in [4.69, 9.17) is 0 Å². The Morgan fingerprint density at radius 1 is 1.33 bits per heavy atom. The number of carbonyl (C=O) groups is 1. The predicted molar refractivity (Wildman–Crippen MR) is 71.4 cm³/mol. The molecule has 0 saturated carbocycles. The molecule has 3 unspecified atom stereocenters. The van der Waals surface area contributed by atoms with Crippen LogP contribution in [0.4, 0.5) is 0 Å². The van der Waals surface area contributed by atoms with Crippen LogP contribution in [0, 0.1) is 11.8 Å². The third-order valence-electron chi connectivity index (χ3n) is 4.42. The van der Waals surface area contributed by atoms with E-state index in [1.54, 1.807) is 0 Å². The molecule has 3 nitrogen and oxygen atoms in total. The Labute approximate surface area is 108 Å². The molecule has 2 aliphatic heterocycles. The van der Waals surface area contributed by atoms with Crippen LogP contribution >= 0.6 is 0 Å². The Kier molecular flexibility index (Phi) is 3.08. The largest absolute Gasteiger partial charge is 0.335 e. The van der Waals surface area contributed by atoms with Crippen molar-refractivity contribution >= 4 is 5.91 Å². The number of hydrogen-bond acceptors (Lipinski definition) is 2. The molecule has 0 spiro atoms. The van der Waals surface area contributed by atoms with E-state index in [9.17, 15) is 4.79 Å². The first kappa shape index (κ1) is 11.7. The van der Waals surface area contributed by atoms with Crippen molar-refractivity contribution in [2.75, 3.05) is 19.6 Å². The fourth-order valence-electron chi connectivity index (χ4n) is 3.53. The number of benzene rings is 1. The van der Waals surface area contributed by atoms with Gasteiger partial charge in [0.1, 0.15) is 0 Å². The molecule has 96 valence electrons. The topological polar surface area (TPSA) is 32.3 Å². The maximum atomic E-state index is 12.6. The minimum atomic E-state index is 0.205. The standard InChI is InChI=1S/C15H20N2O/c1-2-14-13-9-16-8-12(13)10-17(14)15(18)11-6-4-3-5-7-11/h3-7,12-14,16H,2,8-10H2,1H3. The summed E-state index contributed by atoms with van der Waals surface area (Å²) < 4.78 is 0. The number of amides is 1. The summed E-state index contributed by atoms with van der Waals surface area (Å²) in [5, 5.41) is 3.45. The van der Waals surface area contributed by atoms with E-state index < -0.39 is 0 Å². The highest BCUT2D eigenvalue weighted by molar-refractivity contribution is 5.94. The van der Waals surface area contributed by atoms with E-state index in [0.29, 0.717) is 17.9 Å². The molecular formula is C15H20N2O. The molecule has 2 aliphatic rings. The van der Waals surface area contributed by atoms with Gasteiger partial charge in [-0.1, -0.05) is 25.1 Å². The van der Waals surface area contributed by atoms with Gasteiger partial charge in [-0.05, 0) is 30.4 Å². The average molecular weight is 244 g/mol. The SMILES string of the molecule is CCC1C2CNCC2CN1C(=O)c1ccccc1. The lowest BCUT2D eigenvalue weighted by molar-refractivity contribution is 0.0711. The molecule has 3 heteroatoms. The quantitative estimate of drug-likeness (QED) is 0.859. The van der Waals surface area contributed by atoms with Crippen LogP contribution in [-0.2, 0) is 0 Å². The van der Waals surface area contributed by atoms with Crippen molar-refractivity contribution in [1.29, 1.82) is 0 Å². The Hall–Kier alpha value is -1.35. The first-order valence-electron chi connectivity index (χ1n) is 6.88. The molecule has 3 rings (SSSR count). The number of nitrogens with zero attached hydrogens (tertiary/aromatic N) is 1. The summed E-state index contributed by atoms with van der Waals surface area (Å²) in [6, 6.07) is 10.1. The molecule has 2 heterocycles. The minimum absolute atomic E-state index is 0.205. The Bertz CT molecular complexity index is 431. The van der Waals surface area contributed by atoms with Crippen LogP contribution in [0.5, 0.6) is 0 Å². The van der Waals surface area contributed by atoms with Gasteiger partial charge in [0.15, 0.2) is 0 Å². The molecule has 1 aromatic carbocycles. The molecule has 18 heavy (non-hydrogen) atoms. The van der Waals surface area contributed by atoms with Crippen molar-refractivity contribution in [1.82, 2.24) is 10.2 Å². The van der Waals surface area contributed by atoms with Crippen LogP contribution in [0.15, 0.2) is 30.3 Å². The third kappa shape index (κ3) is 1.83. The van der Waals surface area contributed by atoms with E-state index in [1.165, 1.54) is 0 Å².